The van der Waals surface area contributed by atoms with Gasteiger partial charge in [0.05, 0.1) is 29.0 Å². The van der Waals surface area contributed by atoms with E-state index in [1.165, 1.54) is 0 Å². The number of methoxy groups -OCH3 is 1. The summed E-state index contributed by atoms with van der Waals surface area (Å²) in [5, 5.41) is 0. The lowest BCUT2D eigenvalue weighted by Crippen LogP contribution is -2.57. The quantitative estimate of drug-likeness (QED) is 0.834. The highest BCUT2D eigenvalue weighted by Gasteiger charge is 2.39. The van der Waals surface area contributed by atoms with Gasteiger partial charge in [-0.3, -0.25) is 0 Å². The number of rotatable bonds is 2. The van der Waals surface area contributed by atoms with Gasteiger partial charge in [-0.25, -0.2) is 4.98 Å². The van der Waals surface area contributed by atoms with Crippen molar-refractivity contribution in [3.05, 3.63) is 10.7 Å². The lowest BCUT2D eigenvalue weighted by Gasteiger charge is -2.47. The van der Waals surface area contributed by atoms with Gasteiger partial charge in [0.15, 0.2) is 0 Å². The van der Waals surface area contributed by atoms with Crippen molar-refractivity contribution in [2.24, 2.45) is 0 Å². The van der Waals surface area contributed by atoms with Crippen LogP contribution in [0.1, 0.15) is 27.7 Å². The van der Waals surface area contributed by atoms with E-state index in [2.05, 4.69) is 58.5 Å². The Morgan fingerprint density at radius 3 is 2.37 bits per heavy atom. The standard InChI is InChI=1S/C13H20BrN3O2/c1-12(2)7-17(8-13(3,4)19-12)11-15-6-9(14)10(16-11)18-5/h6H,7-8H2,1-5H3. The summed E-state index contributed by atoms with van der Waals surface area (Å²) in [6, 6.07) is 0. The first-order chi connectivity index (χ1) is 8.72. The fourth-order valence-electron chi connectivity index (χ4n) is 2.57. The van der Waals surface area contributed by atoms with E-state index in [0.717, 1.165) is 17.6 Å². The molecule has 106 valence electrons. The number of anilines is 1. The van der Waals surface area contributed by atoms with Gasteiger partial charge in [-0.2, -0.15) is 4.98 Å². The number of nitrogens with zero attached hydrogens (tertiary/aromatic N) is 3. The molecule has 0 bridgehead atoms. The van der Waals surface area contributed by atoms with Crippen LogP contribution >= 0.6 is 15.9 Å². The highest BCUT2D eigenvalue weighted by atomic mass is 79.9. The summed E-state index contributed by atoms with van der Waals surface area (Å²) in [5.74, 6) is 1.22. The van der Waals surface area contributed by atoms with Crippen molar-refractivity contribution in [3.63, 3.8) is 0 Å². The molecule has 6 heteroatoms. The van der Waals surface area contributed by atoms with Crippen LogP contribution in [0, 0.1) is 0 Å². The van der Waals surface area contributed by atoms with Gasteiger partial charge in [-0.1, -0.05) is 0 Å². The van der Waals surface area contributed by atoms with Crippen LogP contribution in [0.5, 0.6) is 5.88 Å². The third kappa shape index (κ3) is 3.36. The fraction of sp³-hybridized carbons (Fsp3) is 0.692. The largest absolute Gasteiger partial charge is 0.480 e. The van der Waals surface area contributed by atoms with E-state index in [4.69, 9.17) is 9.47 Å². The average Bonchev–Trinajstić information content (AvgIpc) is 2.25. The molecule has 0 amide bonds. The van der Waals surface area contributed by atoms with E-state index in [0.29, 0.717) is 11.8 Å². The first-order valence-corrected chi connectivity index (χ1v) is 7.03. The van der Waals surface area contributed by atoms with Crippen LogP contribution in [0.2, 0.25) is 0 Å². The molecule has 0 spiro atoms. The van der Waals surface area contributed by atoms with Crippen LogP contribution in [0.4, 0.5) is 5.95 Å². The summed E-state index contributed by atoms with van der Waals surface area (Å²) in [7, 11) is 1.60. The van der Waals surface area contributed by atoms with E-state index in [1.807, 2.05) is 0 Å². The van der Waals surface area contributed by atoms with Crippen molar-refractivity contribution in [2.45, 2.75) is 38.9 Å². The number of halogens is 1. The van der Waals surface area contributed by atoms with Gasteiger partial charge >= 0.3 is 0 Å². The van der Waals surface area contributed by atoms with Gasteiger partial charge in [0.1, 0.15) is 0 Å². The third-order valence-electron chi connectivity index (χ3n) is 2.87. The Balaban J connectivity index is 2.30. The molecule has 1 aromatic rings. The predicted molar refractivity (Wildman–Crippen MR) is 77.7 cm³/mol. The maximum Gasteiger partial charge on any atom is 0.232 e. The minimum absolute atomic E-state index is 0.231. The molecule has 0 aliphatic carbocycles. The van der Waals surface area contributed by atoms with Crippen molar-refractivity contribution in [3.8, 4) is 5.88 Å². The van der Waals surface area contributed by atoms with Crippen molar-refractivity contribution < 1.29 is 9.47 Å². The Kier molecular flexibility index (Phi) is 3.75. The third-order valence-corrected chi connectivity index (χ3v) is 3.42. The molecule has 19 heavy (non-hydrogen) atoms. The van der Waals surface area contributed by atoms with E-state index >= 15 is 0 Å². The Morgan fingerprint density at radius 1 is 1.26 bits per heavy atom. The summed E-state index contributed by atoms with van der Waals surface area (Å²) in [6.07, 6.45) is 1.72. The zero-order chi connectivity index (χ0) is 14.3. The Morgan fingerprint density at radius 2 is 1.84 bits per heavy atom. The zero-order valence-corrected chi connectivity index (χ0v) is 13.6. The molecule has 0 saturated carbocycles. The van der Waals surface area contributed by atoms with Crippen molar-refractivity contribution in [2.75, 3.05) is 25.1 Å². The van der Waals surface area contributed by atoms with Crippen LogP contribution in [0.25, 0.3) is 0 Å². The molecule has 0 aromatic carbocycles. The van der Waals surface area contributed by atoms with Crippen LogP contribution < -0.4 is 9.64 Å². The van der Waals surface area contributed by atoms with Crippen molar-refractivity contribution in [1.29, 1.82) is 0 Å². The summed E-state index contributed by atoms with van der Waals surface area (Å²) < 4.78 is 12.0. The second-order valence-electron chi connectivity index (χ2n) is 6.00. The van der Waals surface area contributed by atoms with Gasteiger partial charge in [-0.05, 0) is 43.6 Å². The Bertz CT molecular complexity index is 461. The number of morpholine rings is 1. The molecule has 1 aliphatic heterocycles. The maximum absolute atomic E-state index is 6.06. The molecule has 0 unspecified atom stereocenters. The van der Waals surface area contributed by atoms with Gasteiger partial charge in [0.2, 0.25) is 11.8 Å². The number of hydrogen-bond donors (Lipinski definition) is 0. The lowest BCUT2D eigenvalue weighted by molar-refractivity contribution is -0.133. The Labute approximate surface area is 122 Å². The first kappa shape index (κ1) is 14.5. The minimum atomic E-state index is -0.231. The smallest absolute Gasteiger partial charge is 0.232 e. The molecular weight excluding hydrogens is 310 g/mol. The summed E-state index contributed by atoms with van der Waals surface area (Å²) in [5.41, 5.74) is -0.461. The number of aromatic nitrogens is 2. The highest BCUT2D eigenvalue weighted by Crippen LogP contribution is 2.31. The van der Waals surface area contributed by atoms with Crippen LogP contribution in [-0.2, 0) is 4.74 Å². The highest BCUT2D eigenvalue weighted by molar-refractivity contribution is 9.10. The van der Waals surface area contributed by atoms with E-state index in [9.17, 15) is 0 Å². The summed E-state index contributed by atoms with van der Waals surface area (Å²) in [4.78, 5) is 10.9. The average molecular weight is 330 g/mol. The number of ether oxygens (including phenoxy) is 2. The van der Waals surface area contributed by atoms with E-state index in [-0.39, 0.29) is 11.2 Å². The maximum atomic E-state index is 6.06. The summed E-state index contributed by atoms with van der Waals surface area (Å²) in [6.45, 7) is 9.82. The van der Waals surface area contributed by atoms with Crippen molar-refractivity contribution >= 4 is 21.9 Å². The van der Waals surface area contributed by atoms with Gasteiger partial charge in [0, 0.05) is 13.1 Å². The van der Waals surface area contributed by atoms with Gasteiger partial charge < -0.3 is 14.4 Å². The minimum Gasteiger partial charge on any atom is -0.480 e. The van der Waals surface area contributed by atoms with Crippen LogP contribution in [0.3, 0.4) is 0 Å². The lowest BCUT2D eigenvalue weighted by atomic mass is 9.99. The normalized spacial score (nSPS) is 21.3. The first-order valence-electron chi connectivity index (χ1n) is 6.24. The zero-order valence-electron chi connectivity index (χ0n) is 12.0. The second-order valence-corrected chi connectivity index (χ2v) is 6.86. The van der Waals surface area contributed by atoms with Gasteiger partial charge in [-0.15, -0.1) is 0 Å². The molecule has 1 aromatic heterocycles. The Hall–Kier alpha value is -0.880. The molecule has 0 N–H and O–H groups in total. The molecule has 2 heterocycles. The molecule has 0 radical (unpaired) electrons. The van der Waals surface area contributed by atoms with Crippen molar-refractivity contribution in [1.82, 2.24) is 9.97 Å². The molecule has 2 rings (SSSR count). The molecular formula is C13H20BrN3O2. The summed E-state index contributed by atoms with van der Waals surface area (Å²) >= 11 is 3.37. The monoisotopic (exact) mass is 329 g/mol. The van der Waals surface area contributed by atoms with E-state index < -0.39 is 0 Å². The van der Waals surface area contributed by atoms with Crippen LogP contribution in [0.15, 0.2) is 10.7 Å². The molecule has 1 aliphatic rings. The van der Waals surface area contributed by atoms with Crippen LogP contribution in [-0.4, -0.2) is 41.4 Å². The second kappa shape index (κ2) is 4.90. The molecule has 0 atom stereocenters. The molecule has 5 nitrogen and oxygen atoms in total. The topological polar surface area (TPSA) is 47.5 Å². The molecule has 1 fully saturated rings. The fourth-order valence-corrected chi connectivity index (χ4v) is 2.92. The SMILES string of the molecule is COc1nc(N2CC(C)(C)OC(C)(C)C2)ncc1Br. The predicted octanol–water partition coefficient (Wildman–Crippen LogP) is 2.64. The van der Waals surface area contributed by atoms with E-state index in [1.54, 1.807) is 13.3 Å². The molecule has 1 saturated heterocycles. The number of hydrogen-bond acceptors (Lipinski definition) is 5. The van der Waals surface area contributed by atoms with Gasteiger partial charge in [0.25, 0.3) is 0 Å².